The lowest BCUT2D eigenvalue weighted by Crippen LogP contribution is -2.34. The number of tetrazole rings is 1. The highest BCUT2D eigenvalue weighted by Gasteiger charge is 2.25. The Kier molecular flexibility index (Phi) is 4.77. The van der Waals surface area contributed by atoms with E-state index in [0.29, 0.717) is 11.7 Å². The van der Waals surface area contributed by atoms with E-state index in [1.807, 2.05) is 12.3 Å². The summed E-state index contributed by atoms with van der Waals surface area (Å²) < 4.78 is 2.35. The summed E-state index contributed by atoms with van der Waals surface area (Å²) in [5.74, 6) is 2.05. The second-order valence-corrected chi connectivity index (χ2v) is 8.27. The molecule has 0 spiro atoms. The lowest BCUT2D eigenvalue weighted by Gasteiger charge is -2.31. The number of hydrogen-bond acceptors (Lipinski definition) is 6. The first-order chi connectivity index (χ1) is 15.0. The molecule has 5 rings (SSSR count). The minimum absolute atomic E-state index is 0.343. The molecule has 0 fully saturated rings. The summed E-state index contributed by atoms with van der Waals surface area (Å²) in [6.45, 7) is 9.12. The molecule has 0 atom stereocenters. The topological polar surface area (TPSA) is 77.5 Å². The third-order valence-corrected chi connectivity index (χ3v) is 5.84. The molecule has 158 valence electrons. The SMILES string of the molecule is Cc1nc(-c2cccnc2C(C)C)c2n1CCN(c1ccc(-c3nnn(C)n3)cc1)C2. The molecule has 1 aliphatic heterocycles. The van der Waals surface area contributed by atoms with Gasteiger partial charge >= 0.3 is 0 Å². The van der Waals surface area contributed by atoms with Crippen molar-refractivity contribution in [3.05, 3.63) is 59.8 Å². The molecule has 0 saturated heterocycles. The van der Waals surface area contributed by atoms with Gasteiger partial charge in [0.05, 0.1) is 30.7 Å². The van der Waals surface area contributed by atoms with Crippen LogP contribution >= 0.6 is 0 Å². The number of pyridine rings is 1. The number of fused-ring (bicyclic) bond motifs is 1. The van der Waals surface area contributed by atoms with Crippen LogP contribution in [0.2, 0.25) is 0 Å². The molecule has 0 unspecified atom stereocenters. The lowest BCUT2D eigenvalue weighted by atomic mass is 10.00. The second kappa shape index (κ2) is 7.61. The van der Waals surface area contributed by atoms with Crippen molar-refractivity contribution in [3.8, 4) is 22.6 Å². The Bertz CT molecular complexity index is 1220. The highest BCUT2D eigenvalue weighted by molar-refractivity contribution is 5.67. The fourth-order valence-electron chi connectivity index (χ4n) is 4.28. The first-order valence-electron chi connectivity index (χ1n) is 10.6. The number of benzene rings is 1. The zero-order valence-corrected chi connectivity index (χ0v) is 18.3. The molecule has 1 aromatic carbocycles. The first kappa shape index (κ1) is 19.4. The van der Waals surface area contributed by atoms with Gasteiger partial charge in [0, 0.05) is 36.1 Å². The molecule has 0 radical (unpaired) electrons. The van der Waals surface area contributed by atoms with Gasteiger partial charge in [0.1, 0.15) is 5.82 Å². The van der Waals surface area contributed by atoms with Crippen molar-refractivity contribution >= 4 is 5.69 Å². The van der Waals surface area contributed by atoms with Gasteiger partial charge in [-0.15, -0.1) is 10.2 Å². The predicted octanol–water partition coefficient (Wildman–Crippen LogP) is 3.59. The Labute approximate surface area is 181 Å². The molecule has 4 heterocycles. The Morgan fingerprint density at radius 1 is 1.03 bits per heavy atom. The van der Waals surface area contributed by atoms with Crippen LogP contribution in [0.5, 0.6) is 0 Å². The molecule has 4 aromatic rings. The number of rotatable bonds is 4. The number of aromatic nitrogens is 7. The molecule has 3 aromatic heterocycles. The average molecular weight is 415 g/mol. The number of imidazole rings is 1. The van der Waals surface area contributed by atoms with E-state index in [-0.39, 0.29) is 0 Å². The summed E-state index contributed by atoms with van der Waals surface area (Å²) in [5, 5.41) is 12.3. The van der Waals surface area contributed by atoms with Crippen LogP contribution in [0.1, 0.15) is 37.0 Å². The van der Waals surface area contributed by atoms with Crippen molar-refractivity contribution in [2.45, 2.75) is 39.8 Å². The maximum absolute atomic E-state index is 4.96. The van der Waals surface area contributed by atoms with Crippen molar-refractivity contribution in [1.82, 2.24) is 34.7 Å². The molecule has 8 heteroatoms. The smallest absolute Gasteiger partial charge is 0.204 e. The van der Waals surface area contributed by atoms with Gasteiger partial charge in [0.15, 0.2) is 0 Å². The number of nitrogens with zero attached hydrogens (tertiary/aromatic N) is 8. The van der Waals surface area contributed by atoms with Gasteiger partial charge in [0.2, 0.25) is 5.82 Å². The van der Waals surface area contributed by atoms with Crippen molar-refractivity contribution in [3.63, 3.8) is 0 Å². The zero-order valence-electron chi connectivity index (χ0n) is 18.3. The van der Waals surface area contributed by atoms with E-state index < -0.39 is 0 Å². The molecule has 0 saturated carbocycles. The fourth-order valence-corrected chi connectivity index (χ4v) is 4.28. The highest BCUT2D eigenvalue weighted by atomic mass is 15.6. The first-order valence-corrected chi connectivity index (χ1v) is 10.6. The van der Waals surface area contributed by atoms with Crippen LogP contribution in [0.3, 0.4) is 0 Å². The van der Waals surface area contributed by atoms with E-state index in [9.17, 15) is 0 Å². The molecule has 8 nitrogen and oxygen atoms in total. The van der Waals surface area contributed by atoms with Gasteiger partial charge in [-0.1, -0.05) is 13.8 Å². The van der Waals surface area contributed by atoms with Crippen molar-refractivity contribution in [1.29, 1.82) is 0 Å². The Balaban J connectivity index is 1.47. The van der Waals surface area contributed by atoms with Crippen molar-refractivity contribution in [2.24, 2.45) is 7.05 Å². The minimum Gasteiger partial charge on any atom is -0.364 e. The normalized spacial score (nSPS) is 13.6. The number of hydrogen-bond donors (Lipinski definition) is 0. The molecule has 0 aliphatic carbocycles. The van der Waals surface area contributed by atoms with Crippen LogP contribution in [0.4, 0.5) is 5.69 Å². The third kappa shape index (κ3) is 3.48. The van der Waals surface area contributed by atoms with E-state index in [1.54, 1.807) is 7.05 Å². The van der Waals surface area contributed by atoms with E-state index in [1.165, 1.54) is 16.2 Å². The van der Waals surface area contributed by atoms with Crippen molar-refractivity contribution < 1.29 is 0 Å². The maximum Gasteiger partial charge on any atom is 0.204 e. The Morgan fingerprint density at radius 3 is 2.55 bits per heavy atom. The van der Waals surface area contributed by atoms with Gasteiger partial charge in [-0.05, 0) is 54.5 Å². The third-order valence-electron chi connectivity index (χ3n) is 5.84. The van der Waals surface area contributed by atoms with Crippen LogP contribution in [0.15, 0.2) is 42.6 Å². The fraction of sp³-hybridized carbons (Fsp3) is 0.348. The lowest BCUT2D eigenvalue weighted by molar-refractivity contribution is 0.560. The highest BCUT2D eigenvalue weighted by Crippen LogP contribution is 2.33. The van der Waals surface area contributed by atoms with Crippen LogP contribution < -0.4 is 4.90 Å². The summed E-state index contributed by atoms with van der Waals surface area (Å²) in [6, 6.07) is 12.5. The van der Waals surface area contributed by atoms with Gasteiger partial charge in [-0.2, -0.15) is 4.80 Å². The molecule has 1 aliphatic rings. The monoisotopic (exact) mass is 414 g/mol. The van der Waals surface area contributed by atoms with Gasteiger partial charge in [-0.25, -0.2) is 4.98 Å². The van der Waals surface area contributed by atoms with Gasteiger partial charge in [-0.3, -0.25) is 4.98 Å². The molecule has 31 heavy (non-hydrogen) atoms. The quantitative estimate of drug-likeness (QED) is 0.508. The van der Waals surface area contributed by atoms with E-state index >= 15 is 0 Å². The molecule has 0 amide bonds. The standard InChI is InChI=1S/C23H26N8/c1-15(2)21-19(6-5-11-24-21)22-20-14-30(12-13-31(20)16(3)25-22)18-9-7-17(8-10-18)23-26-28-29(4)27-23/h5-11,15H,12-14H2,1-4H3. The number of anilines is 1. The Hall–Kier alpha value is -3.55. The summed E-state index contributed by atoms with van der Waals surface area (Å²) >= 11 is 0. The largest absolute Gasteiger partial charge is 0.364 e. The van der Waals surface area contributed by atoms with Gasteiger partial charge in [0.25, 0.3) is 0 Å². The molecular formula is C23H26N8. The van der Waals surface area contributed by atoms with E-state index in [0.717, 1.165) is 48.0 Å². The summed E-state index contributed by atoms with van der Waals surface area (Å²) in [7, 11) is 1.77. The van der Waals surface area contributed by atoms with Crippen LogP contribution in [-0.4, -0.2) is 41.3 Å². The summed E-state index contributed by atoms with van der Waals surface area (Å²) in [6.07, 6.45) is 1.87. The van der Waals surface area contributed by atoms with Crippen LogP contribution in [0, 0.1) is 6.92 Å². The average Bonchev–Trinajstić information content (AvgIpc) is 3.37. The summed E-state index contributed by atoms with van der Waals surface area (Å²) in [4.78, 5) is 13.5. The van der Waals surface area contributed by atoms with Crippen molar-refractivity contribution in [2.75, 3.05) is 11.4 Å². The molecule has 0 N–H and O–H groups in total. The molecular weight excluding hydrogens is 388 g/mol. The van der Waals surface area contributed by atoms with Gasteiger partial charge < -0.3 is 9.47 Å². The van der Waals surface area contributed by atoms with E-state index in [4.69, 9.17) is 4.98 Å². The molecule has 0 bridgehead atoms. The summed E-state index contributed by atoms with van der Waals surface area (Å²) in [5.41, 5.74) is 6.69. The minimum atomic E-state index is 0.343. The maximum atomic E-state index is 4.96. The zero-order chi connectivity index (χ0) is 21.5. The van der Waals surface area contributed by atoms with E-state index in [2.05, 4.69) is 81.0 Å². The Morgan fingerprint density at radius 2 is 1.84 bits per heavy atom. The predicted molar refractivity (Wildman–Crippen MR) is 120 cm³/mol. The number of aryl methyl sites for hydroxylation is 2. The second-order valence-electron chi connectivity index (χ2n) is 8.27. The van der Waals surface area contributed by atoms with Crippen LogP contribution in [0.25, 0.3) is 22.6 Å². The van der Waals surface area contributed by atoms with Crippen LogP contribution in [-0.2, 0) is 20.1 Å².